The van der Waals surface area contributed by atoms with Crippen LogP contribution in [-0.4, -0.2) is 30.4 Å². The van der Waals surface area contributed by atoms with Crippen molar-refractivity contribution in [2.75, 3.05) is 25.0 Å². The van der Waals surface area contributed by atoms with E-state index >= 15 is 0 Å². The molecule has 0 radical (unpaired) electrons. The summed E-state index contributed by atoms with van der Waals surface area (Å²) in [5, 5.41) is 3.74. The third-order valence-corrected chi connectivity index (χ3v) is 4.17. The summed E-state index contributed by atoms with van der Waals surface area (Å²) < 4.78 is 0. The normalized spacial score (nSPS) is 23.6. The van der Waals surface area contributed by atoms with Crippen LogP contribution in [-0.2, 0) is 4.79 Å². The second kappa shape index (κ2) is 6.79. The highest BCUT2D eigenvalue weighted by Crippen LogP contribution is 2.29. The summed E-state index contributed by atoms with van der Waals surface area (Å²) in [6.45, 7) is 6.77. The molecule has 2 atom stereocenters. The van der Waals surface area contributed by atoms with Crippen molar-refractivity contribution in [3.05, 3.63) is 28.2 Å². The van der Waals surface area contributed by atoms with E-state index in [1.54, 1.807) is 18.2 Å². The van der Waals surface area contributed by atoms with E-state index in [0.29, 0.717) is 34.1 Å². The number of hydrogen-bond acceptors (Lipinski definition) is 2. The number of piperidine rings is 1. The number of rotatable bonds is 3. The average molecular weight is 315 g/mol. The van der Waals surface area contributed by atoms with Gasteiger partial charge in [0.2, 0.25) is 5.91 Å². The molecule has 1 heterocycles. The van der Waals surface area contributed by atoms with Crippen LogP contribution in [0.2, 0.25) is 10.0 Å². The summed E-state index contributed by atoms with van der Waals surface area (Å²) in [6.07, 6.45) is 1.23. The van der Waals surface area contributed by atoms with E-state index < -0.39 is 0 Å². The van der Waals surface area contributed by atoms with E-state index in [1.165, 1.54) is 6.42 Å². The standard InChI is InChI=1S/C15H20Cl2N2O/c1-10-6-11(2)8-19(7-10)9-14(20)18-15-12(16)4-3-5-13(15)17/h3-5,10-11H,6-9H2,1-2H3,(H,18,20). The van der Waals surface area contributed by atoms with Gasteiger partial charge in [0, 0.05) is 13.1 Å². The van der Waals surface area contributed by atoms with E-state index in [9.17, 15) is 4.79 Å². The van der Waals surface area contributed by atoms with Crippen molar-refractivity contribution in [3.8, 4) is 0 Å². The third-order valence-electron chi connectivity index (χ3n) is 3.54. The van der Waals surface area contributed by atoms with Gasteiger partial charge in [0.25, 0.3) is 0 Å². The van der Waals surface area contributed by atoms with E-state index in [-0.39, 0.29) is 5.91 Å². The smallest absolute Gasteiger partial charge is 0.238 e. The number of para-hydroxylation sites is 1. The van der Waals surface area contributed by atoms with Crippen LogP contribution in [0.3, 0.4) is 0 Å². The van der Waals surface area contributed by atoms with Crippen LogP contribution < -0.4 is 5.32 Å². The molecule has 0 saturated carbocycles. The number of benzene rings is 1. The topological polar surface area (TPSA) is 32.3 Å². The summed E-state index contributed by atoms with van der Waals surface area (Å²) in [4.78, 5) is 14.3. The first kappa shape index (κ1) is 15.6. The van der Waals surface area contributed by atoms with Gasteiger partial charge < -0.3 is 5.32 Å². The van der Waals surface area contributed by atoms with Crippen LogP contribution in [0.1, 0.15) is 20.3 Å². The molecule has 0 aliphatic carbocycles. The average Bonchev–Trinajstić information content (AvgIpc) is 2.32. The van der Waals surface area contributed by atoms with E-state index in [4.69, 9.17) is 23.2 Å². The summed E-state index contributed by atoms with van der Waals surface area (Å²) in [7, 11) is 0. The minimum Gasteiger partial charge on any atom is -0.322 e. The first-order valence-corrected chi connectivity index (χ1v) is 7.67. The minimum absolute atomic E-state index is 0.0682. The first-order valence-electron chi connectivity index (χ1n) is 6.92. The monoisotopic (exact) mass is 314 g/mol. The van der Waals surface area contributed by atoms with Crippen molar-refractivity contribution in [2.24, 2.45) is 11.8 Å². The number of carbonyl (C=O) groups excluding carboxylic acids is 1. The molecule has 110 valence electrons. The highest BCUT2D eigenvalue weighted by molar-refractivity contribution is 6.39. The van der Waals surface area contributed by atoms with Gasteiger partial charge in [-0.1, -0.05) is 43.1 Å². The van der Waals surface area contributed by atoms with Gasteiger partial charge in [0.1, 0.15) is 0 Å². The maximum absolute atomic E-state index is 12.1. The van der Waals surface area contributed by atoms with Gasteiger partial charge in [-0.3, -0.25) is 9.69 Å². The van der Waals surface area contributed by atoms with Gasteiger partial charge in [-0.25, -0.2) is 0 Å². The van der Waals surface area contributed by atoms with Crippen molar-refractivity contribution >= 4 is 34.8 Å². The lowest BCUT2D eigenvalue weighted by Crippen LogP contribution is -2.42. The van der Waals surface area contributed by atoms with Gasteiger partial charge in [-0.05, 0) is 30.4 Å². The predicted molar refractivity (Wildman–Crippen MR) is 84.5 cm³/mol. The number of halogens is 2. The summed E-state index contributed by atoms with van der Waals surface area (Å²) >= 11 is 12.1. The lowest BCUT2D eigenvalue weighted by molar-refractivity contribution is -0.117. The molecule has 0 aromatic heterocycles. The van der Waals surface area contributed by atoms with Gasteiger partial charge in [-0.2, -0.15) is 0 Å². The molecule has 2 rings (SSSR count). The Balaban J connectivity index is 1.95. The predicted octanol–water partition coefficient (Wildman–Crippen LogP) is 3.91. The van der Waals surface area contributed by atoms with Crippen molar-refractivity contribution in [1.82, 2.24) is 4.90 Å². The molecule has 1 aromatic rings. The number of anilines is 1. The molecular weight excluding hydrogens is 295 g/mol. The molecule has 1 saturated heterocycles. The Hall–Kier alpha value is -0.770. The van der Waals surface area contributed by atoms with Gasteiger partial charge >= 0.3 is 0 Å². The van der Waals surface area contributed by atoms with Gasteiger partial charge in [0.05, 0.1) is 22.3 Å². The molecule has 3 nitrogen and oxygen atoms in total. The van der Waals surface area contributed by atoms with Crippen LogP contribution in [0.5, 0.6) is 0 Å². The Morgan fingerprint density at radius 3 is 2.35 bits per heavy atom. The Labute approximate surface area is 130 Å². The molecule has 2 unspecified atom stereocenters. The second-order valence-corrected chi connectivity index (χ2v) is 6.60. The number of likely N-dealkylation sites (tertiary alicyclic amines) is 1. The molecular formula is C15H20Cl2N2O. The van der Waals surface area contributed by atoms with Crippen LogP contribution >= 0.6 is 23.2 Å². The number of nitrogens with zero attached hydrogens (tertiary/aromatic N) is 1. The number of hydrogen-bond donors (Lipinski definition) is 1. The zero-order chi connectivity index (χ0) is 14.7. The first-order chi connectivity index (χ1) is 9.45. The highest BCUT2D eigenvalue weighted by Gasteiger charge is 2.23. The van der Waals surface area contributed by atoms with E-state index in [1.807, 2.05) is 0 Å². The number of nitrogens with one attached hydrogen (secondary N) is 1. The lowest BCUT2D eigenvalue weighted by Gasteiger charge is -2.34. The molecule has 20 heavy (non-hydrogen) atoms. The fraction of sp³-hybridized carbons (Fsp3) is 0.533. The minimum atomic E-state index is -0.0682. The zero-order valence-corrected chi connectivity index (χ0v) is 13.3. The van der Waals surface area contributed by atoms with Crippen LogP contribution in [0.4, 0.5) is 5.69 Å². The van der Waals surface area contributed by atoms with Crippen LogP contribution in [0.15, 0.2) is 18.2 Å². The molecule has 1 aromatic carbocycles. The van der Waals surface area contributed by atoms with Crippen molar-refractivity contribution < 1.29 is 4.79 Å². The van der Waals surface area contributed by atoms with E-state index in [0.717, 1.165) is 13.1 Å². The molecule has 5 heteroatoms. The van der Waals surface area contributed by atoms with Crippen molar-refractivity contribution in [2.45, 2.75) is 20.3 Å². The van der Waals surface area contributed by atoms with Gasteiger partial charge in [0.15, 0.2) is 0 Å². The zero-order valence-electron chi connectivity index (χ0n) is 11.8. The SMILES string of the molecule is CC1CC(C)CN(CC(=O)Nc2c(Cl)cccc2Cl)C1. The summed E-state index contributed by atoms with van der Waals surface area (Å²) in [6, 6.07) is 5.19. The number of carbonyl (C=O) groups is 1. The molecule has 1 aliphatic heterocycles. The molecule has 1 N–H and O–H groups in total. The Kier molecular flexibility index (Phi) is 5.30. The summed E-state index contributed by atoms with van der Waals surface area (Å²) in [5.41, 5.74) is 0.499. The Morgan fingerprint density at radius 2 is 1.80 bits per heavy atom. The largest absolute Gasteiger partial charge is 0.322 e. The Bertz CT molecular complexity index is 463. The van der Waals surface area contributed by atoms with Crippen LogP contribution in [0, 0.1) is 11.8 Å². The third kappa shape index (κ3) is 4.11. The maximum atomic E-state index is 12.1. The van der Waals surface area contributed by atoms with Gasteiger partial charge in [-0.15, -0.1) is 0 Å². The molecule has 0 spiro atoms. The maximum Gasteiger partial charge on any atom is 0.238 e. The highest BCUT2D eigenvalue weighted by atomic mass is 35.5. The van der Waals surface area contributed by atoms with Crippen molar-refractivity contribution in [1.29, 1.82) is 0 Å². The lowest BCUT2D eigenvalue weighted by atomic mass is 9.92. The molecule has 0 bridgehead atoms. The fourth-order valence-electron chi connectivity index (χ4n) is 2.92. The Morgan fingerprint density at radius 1 is 1.25 bits per heavy atom. The molecule has 1 amide bonds. The quantitative estimate of drug-likeness (QED) is 0.917. The molecule has 1 aliphatic rings. The van der Waals surface area contributed by atoms with Crippen LogP contribution in [0.25, 0.3) is 0 Å². The van der Waals surface area contributed by atoms with E-state index in [2.05, 4.69) is 24.1 Å². The summed E-state index contributed by atoms with van der Waals surface area (Å²) in [5.74, 6) is 1.20. The second-order valence-electron chi connectivity index (χ2n) is 5.78. The molecule has 1 fully saturated rings. The fourth-order valence-corrected chi connectivity index (χ4v) is 3.41. The van der Waals surface area contributed by atoms with Crippen molar-refractivity contribution in [3.63, 3.8) is 0 Å². The number of amides is 1.